The van der Waals surface area contributed by atoms with E-state index in [9.17, 15) is 9.59 Å². The van der Waals surface area contributed by atoms with E-state index in [-0.39, 0.29) is 17.0 Å². The molecule has 0 radical (unpaired) electrons. The molecule has 2 heterocycles. The Hall–Kier alpha value is -1.66. The third-order valence-corrected chi connectivity index (χ3v) is 6.16. The van der Waals surface area contributed by atoms with Gasteiger partial charge >= 0.3 is 0 Å². The summed E-state index contributed by atoms with van der Waals surface area (Å²) in [5.74, 6) is 0.0297. The highest BCUT2D eigenvalue weighted by molar-refractivity contribution is 5.75. The summed E-state index contributed by atoms with van der Waals surface area (Å²) in [6.07, 6.45) is 7.66. The van der Waals surface area contributed by atoms with Gasteiger partial charge in [0.2, 0.25) is 5.91 Å². The Labute approximate surface area is 161 Å². The van der Waals surface area contributed by atoms with E-state index in [0.717, 1.165) is 44.8 Å². The van der Waals surface area contributed by atoms with E-state index >= 15 is 0 Å². The van der Waals surface area contributed by atoms with Crippen LogP contribution in [0.2, 0.25) is 0 Å². The Morgan fingerprint density at radius 3 is 2.52 bits per heavy atom. The summed E-state index contributed by atoms with van der Waals surface area (Å²) in [6.45, 7) is 6.51. The Morgan fingerprint density at radius 2 is 1.85 bits per heavy atom. The zero-order valence-corrected chi connectivity index (χ0v) is 16.5. The number of carbonyl (C=O) groups is 1. The summed E-state index contributed by atoms with van der Waals surface area (Å²) in [7, 11) is 0. The Kier molecular flexibility index (Phi) is 7.07. The number of rotatable bonds is 6. The molecule has 1 amide bonds. The van der Waals surface area contributed by atoms with Gasteiger partial charge < -0.3 is 14.6 Å². The minimum absolute atomic E-state index is 0.0297. The molecule has 0 unspecified atom stereocenters. The standard InChI is InChI=1S/C21H33N3O3/c1-18-7-6-8-20(26)24(18)12-9-19(25)22-17-21(10-4-2-3-5-11-21)23-13-15-27-16-14-23/h6-8H,2-5,9-17H2,1H3,(H,22,25). The maximum Gasteiger partial charge on any atom is 0.250 e. The first-order chi connectivity index (χ1) is 13.1. The summed E-state index contributed by atoms with van der Waals surface area (Å²) in [5.41, 5.74) is 0.912. The van der Waals surface area contributed by atoms with Gasteiger partial charge in [0.1, 0.15) is 0 Å². The fourth-order valence-electron chi connectivity index (χ4n) is 4.50. The van der Waals surface area contributed by atoms with Gasteiger partial charge in [0.25, 0.3) is 5.56 Å². The summed E-state index contributed by atoms with van der Waals surface area (Å²) >= 11 is 0. The van der Waals surface area contributed by atoms with Crippen LogP contribution in [0.3, 0.4) is 0 Å². The molecule has 6 heteroatoms. The number of hydrogen-bond donors (Lipinski definition) is 1. The van der Waals surface area contributed by atoms with Crippen LogP contribution in [0.4, 0.5) is 0 Å². The van der Waals surface area contributed by atoms with Gasteiger partial charge in [-0.3, -0.25) is 14.5 Å². The molecule has 1 N–H and O–H groups in total. The SMILES string of the molecule is Cc1cccc(=O)n1CCC(=O)NCC1(N2CCOCC2)CCCCCC1. The summed E-state index contributed by atoms with van der Waals surface area (Å²) in [5, 5.41) is 3.19. The van der Waals surface area contributed by atoms with E-state index in [2.05, 4.69) is 10.2 Å². The van der Waals surface area contributed by atoms with Crippen LogP contribution < -0.4 is 10.9 Å². The topological polar surface area (TPSA) is 63.6 Å². The molecule has 2 fully saturated rings. The van der Waals surface area contributed by atoms with E-state index in [0.29, 0.717) is 19.5 Å². The van der Waals surface area contributed by atoms with Crippen molar-refractivity contribution in [3.8, 4) is 0 Å². The third kappa shape index (κ3) is 5.20. The van der Waals surface area contributed by atoms with Crippen LogP contribution in [-0.2, 0) is 16.1 Å². The molecular formula is C21H33N3O3. The molecular weight excluding hydrogens is 342 g/mol. The molecule has 0 aromatic carbocycles. The molecule has 0 bridgehead atoms. The highest BCUT2D eigenvalue weighted by Crippen LogP contribution is 2.32. The lowest BCUT2D eigenvalue weighted by molar-refractivity contribution is -0.122. The Morgan fingerprint density at radius 1 is 1.15 bits per heavy atom. The number of amides is 1. The lowest BCUT2D eigenvalue weighted by Crippen LogP contribution is -2.58. The average molecular weight is 376 g/mol. The molecule has 3 rings (SSSR count). The van der Waals surface area contributed by atoms with Crippen molar-refractivity contribution in [3.63, 3.8) is 0 Å². The van der Waals surface area contributed by atoms with Crippen LogP contribution in [-0.4, -0.2) is 53.8 Å². The number of nitrogens with one attached hydrogen (secondary N) is 1. The first kappa shape index (κ1) is 20.1. The van der Waals surface area contributed by atoms with Gasteiger partial charge in [-0.2, -0.15) is 0 Å². The summed E-state index contributed by atoms with van der Waals surface area (Å²) < 4.78 is 7.21. The first-order valence-corrected chi connectivity index (χ1v) is 10.4. The summed E-state index contributed by atoms with van der Waals surface area (Å²) in [4.78, 5) is 27.0. The largest absolute Gasteiger partial charge is 0.379 e. The van der Waals surface area contributed by atoms with Crippen molar-refractivity contribution in [1.82, 2.24) is 14.8 Å². The molecule has 1 saturated heterocycles. The van der Waals surface area contributed by atoms with Crippen molar-refractivity contribution in [3.05, 3.63) is 34.2 Å². The minimum Gasteiger partial charge on any atom is -0.379 e. The lowest BCUT2D eigenvalue weighted by Gasteiger charge is -2.45. The van der Waals surface area contributed by atoms with Crippen LogP contribution in [0, 0.1) is 6.92 Å². The number of morpholine rings is 1. The summed E-state index contributed by atoms with van der Waals surface area (Å²) in [6, 6.07) is 5.20. The van der Waals surface area contributed by atoms with Gasteiger partial charge in [-0.1, -0.05) is 31.7 Å². The molecule has 0 atom stereocenters. The van der Waals surface area contributed by atoms with Crippen molar-refractivity contribution >= 4 is 5.91 Å². The van der Waals surface area contributed by atoms with Crippen molar-refractivity contribution in [2.45, 2.75) is 64.0 Å². The van der Waals surface area contributed by atoms with Crippen LogP contribution in [0.15, 0.2) is 23.0 Å². The zero-order valence-electron chi connectivity index (χ0n) is 16.5. The van der Waals surface area contributed by atoms with Crippen LogP contribution in [0.1, 0.15) is 50.6 Å². The fraction of sp³-hybridized carbons (Fsp3) is 0.714. The van der Waals surface area contributed by atoms with Crippen molar-refractivity contribution in [1.29, 1.82) is 0 Å². The first-order valence-electron chi connectivity index (χ1n) is 10.4. The monoisotopic (exact) mass is 375 g/mol. The van der Waals surface area contributed by atoms with Crippen LogP contribution in [0.5, 0.6) is 0 Å². The molecule has 6 nitrogen and oxygen atoms in total. The van der Waals surface area contributed by atoms with E-state index in [1.54, 1.807) is 16.7 Å². The van der Waals surface area contributed by atoms with Crippen molar-refractivity contribution < 1.29 is 9.53 Å². The van der Waals surface area contributed by atoms with Gasteiger partial charge in [0, 0.05) is 49.9 Å². The molecule has 1 aromatic rings. The fourth-order valence-corrected chi connectivity index (χ4v) is 4.50. The van der Waals surface area contributed by atoms with E-state index in [4.69, 9.17) is 4.74 Å². The lowest BCUT2D eigenvalue weighted by atomic mass is 9.87. The highest BCUT2D eigenvalue weighted by atomic mass is 16.5. The van der Waals surface area contributed by atoms with Crippen molar-refractivity contribution in [2.75, 3.05) is 32.8 Å². The van der Waals surface area contributed by atoms with Crippen molar-refractivity contribution in [2.24, 2.45) is 0 Å². The smallest absolute Gasteiger partial charge is 0.250 e. The molecule has 1 saturated carbocycles. The normalized spacial score (nSPS) is 20.8. The Bertz CT molecular complexity index is 671. The Balaban J connectivity index is 1.59. The second-order valence-electron chi connectivity index (χ2n) is 7.92. The maximum absolute atomic E-state index is 12.5. The van der Waals surface area contributed by atoms with E-state index in [1.165, 1.54) is 25.7 Å². The number of aromatic nitrogens is 1. The number of nitrogens with zero attached hydrogens (tertiary/aromatic N) is 2. The van der Waals surface area contributed by atoms with Gasteiger partial charge in [0.05, 0.1) is 13.2 Å². The highest BCUT2D eigenvalue weighted by Gasteiger charge is 2.37. The maximum atomic E-state index is 12.5. The second kappa shape index (κ2) is 9.51. The third-order valence-electron chi connectivity index (χ3n) is 6.16. The second-order valence-corrected chi connectivity index (χ2v) is 7.92. The predicted octanol–water partition coefficient (Wildman–Crippen LogP) is 2.09. The molecule has 1 aliphatic heterocycles. The molecule has 1 aromatic heterocycles. The average Bonchev–Trinajstić information content (AvgIpc) is 2.93. The van der Waals surface area contributed by atoms with Gasteiger partial charge in [0.15, 0.2) is 0 Å². The van der Waals surface area contributed by atoms with Crippen LogP contribution >= 0.6 is 0 Å². The zero-order chi connectivity index (χ0) is 19.1. The molecule has 1 aliphatic carbocycles. The molecule has 27 heavy (non-hydrogen) atoms. The quantitative estimate of drug-likeness (QED) is 0.774. The number of pyridine rings is 1. The number of hydrogen-bond acceptors (Lipinski definition) is 4. The molecule has 0 spiro atoms. The number of aryl methyl sites for hydroxylation is 1. The van der Waals surface area contributed by atoms with Gasteiger partial charge in [-0.05, 0) is 25.8 Å². The van der Waals surface area contributed by atoms with Gasteiger partial charge in [-0.15, -0.1) is 0 Å². The van der Waals surface area contributed by atoms with Crippen LogP contribution in [0.25, 0.3) is 0 Å². The van der Waals surface area contributed by atoms with E-state index < -0.39 is 0 Å². The number of ether oxygens (including phenoxy) is 1. The number of carbonyl (C=O) groups excluding carboxylic acids is 1. The van der Waals surface area contributed by atoms with E-state index in [1.807, 2.05) is 13.0 Å². The molecule has 150 valence electrons. The van der Waals surface area contributed by atoms with Gasteiger partial charge in [-0.25, -0.2) is 0 Å². The minimum atomic E-state index is -0.0450. The molecule has 2 aliphatic rings. The predicted molar refractivity (Wildman–Crippen MR) is 106 cm³/mol.